The third kappa shape index (κ3) is 6.74. The maximum absolute atomic E-state index is 12.5. The molecule has 7 heteroatoms. The molecule has 190 valence electrons. The maximum atomic E-state index is 12.5. The van der Waals surface area contributed by atoms with Crippen LogP contribution in [0.2, 0.25) is 0 Å². The van der Waals surface area contributed by atoms with Crippen LogP contribution in [0, 0.1) is 0 Å². The lowest BCUT2D eigenvalue weighted by atomic mass is 9.77. The molecule has 0 unspecified atom stereocenters. The van der Waals surface area contributed by atoms with Gasteiger partial charge in [0.15, 0.2) is 0 Å². The van der Waals surface area contributed by atoms with Gasteiger partial charge < -0.3 is 15.4 Å². The van der Waals surface area contributed by atoms with E-state index in [4.69, 9.17) is 4.74 Å². The molecule has 6 nitrogen and oxygen atoms in total. The van der Waals surface area contributed by atoms with Crippen molar-refractivity contribution in [1.29, 1.82) is 0 Å². The fourth-order valence-electron chi connectivity index (χ4n) is 4.89. The quantitative estimate of drug-likeness (QED) is 0.346. The molecule has 0 spiro atoms. The lowest BCUT2D eigenvalue weighted by Crippen LogP contribution is -2.48. The largest absolute Gasteiger partial charge is 0.457 e. The average molecular weight is 506 g/mol. The normalized spacial score (nSPS) is 19.6. The van der Waals surface area contributed by atoms with E-state index in [9.17, 15) is 9.59 Å². The molecule has 3 aromatic rings. The van der Waals surface area contributed by atoms with E-state index in [0.29, 0.717) is 30.7 Å². The van der Waals surface area contributed by atoms with E-state index in [1.165, 1.54) is 4.88 Å². The first kappa shape index (κ1) is 25.9. The highest BCUT2D eigenvalue weighted by Crippen LogP contribution is 2.43. The Morgan fingerprint density at radius 3 is 2.36 bits per heavy atom. The Kier molecular flexibility index (Phi) is 8.78. The van der Waals surface area contributed by atoms with Crippen molar-refractivity contribution in [2.45, 2.75) is 56.5 Å². The van der Waals surface area contributed by atoms with Crippen molar-refractivity contribution in [1.82, 2.24) is 10.2 Å². The molecule has 1 fully saturated rings. The highest BCUT2D eigenvalue weighted by atomic mass is 32.1. The Labute approximate surface area is 217 Å². The number of rotatable bonds is 10. The molecule has 4 rings (SSSR count). The van der Waals surface area contributed by atoms with Crippen LogP contribution in [0.5, 0.6) is 11.5 Å². The standard InChI is InChI=1S/C29H35N3O3S/c1-32(2)29(26-13-8-20-36-26)18-16-22(17-19-29)30-27(33)14-7-15-28(34)31-23-9-6-12-25(21-23)35-24-10-4-3-5-11-24/h3-6,8-13,20-22H,7,14-19H2,1-2H3,(H,30,33)(H,31,34). The maximum Gasteiger partial charge on any atom is 0.224 e. The minimum atomic E-state index is -0.107. The van der Waals surface area contributed by atoms with Crippen LogP contribution in [0.1, 0.15) is 49.8 Å². The Morgan fingerprint density at radius 1 is 0.944 bits per heavy atom. The number of anilines is 1. The van der Waals surface area contributed by atoms with Crippen LogP contribution in [0.4, 0.5) is 5.69 Å². The molecule has 2 N–H and O–H groups in total. The van der Waals surface area contributed by atoms with Gasteiger partial charge >= 0.3 is 0 Å². The van der Waals surface area contributed by atoms with Gasteiger partial charge in [0, 0.05) is 35.5 Å². The summed E-state index contributed by atoms with van der Waals surface area (Å²) in [6, 6.07) is 21.4. The Balaban J connectivity index is 1.18. The van der Waals surface area contributed by atoms with Gasteiger partial charge in [-0.1, -0.05) is 30.3 Å². The van der Waals surface area contributed by atoms with E-state index in [1.54, 1.807) is 6.07 Å². The summed E-state index contributed by atoms with van der Waals surface area (Å²) in [5.41, 5.74) is 0.743. The van der Waals surface area contributed by atoms with Gasteiger partial charge in [-0.25, -0.2) is 0 Å². The monoisotopic (exact) mass is 505 g/mol. The van der Waals surface area contributed by atoms with Gasteiger partial charge in [-0.15, -0.1) is 11.3 Å². The number of carbonyl (C=O) groups is 2. The summed E-state index contributed by atoms with van der Waals surface area (Å²) >= 11 is 1.81. The van der Waals surface area contributed by atoms with Crippen molar-refractivity contribution in [3.63, 3.8) is 0 Å². The number of carbonyl (C=O) groups excluding carboxylic acids is 2. The molecule has 1 saturated carbocycles. The van der Waals surface area contributed by atoms with Crippen LogP contribution >= 0.6 is 11.3 Å². The zero-order valence-corrected chi connectivity index (χ0v) is 21.9. The summed E-state index contributed by atoms with van der Waals surface area (Å²) in [5.74, 6) is 1.32. The highest BCUT2D eigenvalue weighted by molar-refractivity contribution is 7.10. The van der Waals surface area contributed by atoms with E-state index in [0.717, 1.165) is 31.4 Å². The van der Waals surface area contributed by atoms with Crippen LogP contribution in [0.3, 0.4) is 0 Å². The van der Waals surface area contributed by atoms with E-state index in [2.05, 4.69) is 47.1 Å². The van der Waals surface area contributed by atoms with E-state index < -0.39 is 0 Å². The number of thiophene rings is 1. The number of amides is 2. The smallest absolute Gasteiger partial charge is 0.224 e. The van der Waals surface area contributed by atoms with Gasteiger partial charge in [-0.05, 0) is 81.9 Å². The molecular weight excluding hydrogens is 470 g/mol. The second-order valence-corrected chi connectivity index (χ2v) is 10.5. The number of hydrogen-bond donors (Lipinski definition) is 2. The Morgan fingerprint density at radius 2 is 1.67 bits per heavy atom. The molecule has 0 bridgehead atoms. The van der Waals surface area contributed by atoms with Gasteiger partial charge in [0.1, 0.15) is 11.5 Å². The number of ether oxygens (including phenoxy) is 1. The molecule has 1 heterocycles. The van der Waals surface area contributed by atoms with Gasteiger partial charge in [-0.2, -0.15) is 0 Å². The first-order chi connectivity index (χ1) is 17.4. The van der Waals surface area contributed by atoms with Crippen molar-refractivity contribution in [2.24, 2.45) is 0 Å². The van der Waals surface area contributed by atoms with Crippen LogP contribution in [0.15, 0.2) is 72.1 Å². The zero-order valence-electron chi connectivity index (χ0n) is 21.0. The first-order valence-corrected chi connectivity index (χ1v) is 13.5. The van der Waals surface area contributed by atoms with Crippen molar-refractivity contribution in [3.05, 3.63) is 77.0 Å². The number of para-hydroxylation sites is 1. The summed E-state index contributed by atoms with van der Waals surface area (Å²) in [6.45, 7) is 0. The molecule has 0 radical (unpaired) electrons. The number of hydrogen-bond acceptors (Lipinski definition) is 5. The number of nitrogens with zero attached hydrogens (tertiary/aromatic N) is 1. The summed E-state index contributed by atoms with van der Waals surface area (Å²) in [4.78, 5) is 28.7. The van der Waals surface area contributed by atoms with Crippen LogP contribution in [-0.4, -0.2) is 36.9 Å². The Bertz CT molecular complexity index is 1120. The van der Waals surface area contributed by atoms with Crippen molar-refractivity contribution in [3.8, 4) is 11.5 Å². The molecule has 2 amide bonds. The first-order valence-electron chi connectivity index (χ1n) is 12.6. The third-order valence-electron chi connectivity index (χ3n) is 6.92. The molecule has 0 saturated heterocycles. The summed E-state index contributed by atoms with van der Waals surface area (Å²) < 4.78 is 5.83. The van der Waals surface area contributed by atoms with Crippen LogP contribution in [-0.2, 0) is 15.1 Å². The minimum absolute atomic E-state index is 0.0273. The Hall–Kier alpha value is -3.16. The van der Waals surface area contributed by atoms with Gasteiger partial charge in [0.25, 0.3) is 0 Å². The van der Waals surface area contributed by atoms with Crippen LogP contribution in [0.25, 0.3) is 0 Å². The van der Waals surface area contributed by atoms with Gasteiger partial charge in [0.05, 0.1) is 5.54 Å². The molecule has 1 aromatic heterocycles. The second-order valence-electron chi connectivity index (χ2n) is 9.59. The topological polar surface area (TPSA) is 70.7 Å². The lowest BCUT2D eigenvalue weighted by molar-refractivity contribution is -0.122. The van der Waals surface area contributed by atoms with E-state index in [1.807, 2.05) is 59.9 Å². The van der Waals surface area contributed by atoms with Crippen molar-refractivity contribution >= 4 is 28.8 Å². The lowest BCUT2D eigenvalue weighted by Gasteiger charge is -2.44. The third-order valence-corrected chi connectivity index (χ3v) is 7.98. The van der Waals surface area contributed by atoms with E-state index >= 15 is 0 Å². The van der Waals surface area contributed by atoms with Gasteiger partial charge in [0.2, 0.25) is 11.8 Å². The fourth-order valence-corrected chi connectivity index (χ4v) is 5.96. The number of benzene rings is 2. The summed E-state index contributed by atoms with van der Waals surface area (Å²) in [7, 11) is 4.30. The van der Waals surface area contributed by atoms with E-state index in [-0.39, 0.29) is 23.4 Å². The summed E-state index contributed by atoms with van der Waals surface area (Å²) in [6.07, 6.45) is 5.14. The van der Waals surface area contributed by atoms with Crippen LogP contribution < -0.4 is 15.4 Å². The molecule has 36 heavy (non-hydrogen) atoms. The zero-order chi connectivity index (χ0) is 25.4. The van der Waals surface area contributed by atoms with Gasteiger partial charge in [-0.3, -0.25) is 14.5 Å². The second kappa shape index (κ2) is 12.2. The van der Waals surface area contributed by atoms with Crippen molar-refractivity contribution < 1.29 is 14.3 Å². The molecular formula is C29H35N3O3S. The highest BCUT2D eigenvalue weighted by Gasteiger charge is 2.39. The molecule has 2 aromatic carbocycles. The predicted octanol–water partition coefficient (Wildman–Crippen LogP) is 6.17. The average Bonchev–Trinajstić information content (AvgIpc) is 3.41. The number of nitrogens with one attached hydrogen (secondary N) is 2. The molecule has 0 aliphatic heterocycles. The molecule has 1 aliphatic carbocycles. The predicted molar refractivity (Wildman–Crippen MR) is 146 cm³/mol. The SMILES string of the molecule is CN(C)C1(c2cccs2)CCC(NC(=O)CCCC(=O)Nc2cccc(Oc3ccccc3)c2)CC1. The minimum Gasteiger partial charge on any atom is -0.457 e. The molecule has 0 atom stereocenters. The summed E-state index contributed by atoms with van der Waals surface area (Å²) in [5, 5.41) is 8.23. The fraction of sp³-hybridized carbons (Fsp3) is 0.379. The molecule has 1 aliphatic rings. The van der Waals surface area contributed by atoms with Crippen molar-refractivity contribution in [2.75, 3.05) is 19.4 Å².